The Morgan fingerprint density at radius 1 is 1.58 bits per heavy atom. The van der Waals surface area contributed by atoms with Crippen LogP contribution in [0.1, 0.15) is 5.56 Å². The van der Waals surface area contributed by atoms with Crippen LogP contribution in [0.3, 0.4) is 0 Å². The molecule has 1 aromatic carbocycles. The zero-order chi connectivity index (χ0) is 9.14. The van der Waals surface area contributed by atoms with Crippen molar-refractivity contribution in [2.75, 3.05) is 7.11 Å². The van der Waals surface area contributed by atoms with Gasteiger partial charge in [-0.25, -0.2) is 4.39 Å². The second-order valence-electron chi connectivity index (χ2n) is 2.21. The SMILES string of the molecule is COc1cc(I)c(CBr)cc1F. The fourth-order valence-electron chi connectivity index (χ4n) is 0.829. The number of hydrogen-bond donors (Lipinski definition) is 0. The van der Waals surface area contributed by atoms with Gasteiger partial charge < -0.3 is 4.74 Å². The molecule has 4 heteroatoms. The molecule has 66 valence electrons. The predicted octanol–water partition coefficient (Wildman–Crippen LogP) is 3.33. The minimum atomic E-state index is -0.313. The van der Waals surface area contributed by atoms with E-state index in [1.807, 2.05) is 0 Å². The van der Waals surface area contributed by atoms with Gasteiger partial charge in [0.05, 0.1) is 7.11 Å². The van der Waals surface area contributed by atoms with Crippen LogP contribution in [0.2, 0.25) is 0 Å². The average Bonchev–Trinajstić information content (AvgIpc) is 2.08. The smallest absolute Gasteiger partial charge is 0.165 e. The van der Waals surface area contributed by atoms with Gasteiger partial charge in [0.25, 0.3) is 0 Å². The number of benzene rings is 1. The largest absolute Gasteiger partial charge is 0.494 e. The minimum absolute atomic E-state index is 0.295. The number of rotatable bonds is 2. The molecule has 1 nitrogen and oxygen atoms in total. The maximum atomic E-state index is 13.1. The lowest BCUT2D eigenvalue weighted by Gasteiger charge is -2.05. The zero-order valence-corrected chi connectivity index (χ0v) is 10.1. The monoisotopic (exact) mass is 344 g/mol. The van der Waals surface area contributed by atoms with Gasteiger partial charge in [-0.3, -0.25) is 0 Å². The van der Waals surface area contributed by atoms with Crippen molar-refractivity contribution >= 4 is 38.5 Å². The second-order valence-corrected chi connectivity index (χ2v) is 3.93. The summed E-state index contributed by atoms with van der Waals surface area (Å²) in [5.41, 5.74) is 0.939. The Hall–Kier alpha value is 0.160. The molecule has 0 radical (unpaired) electrons. The Morgan fingerprint density at radius 2 is 2.25 bits per heavy atom. The maximum absolute atomic E-state index is 13.1. The standard InChI is InChI=1S/C8H7BrFIO/c1-12-8-3-7(11)5(4-9)2-6(8)10/h2-3H,4H2,1H3. The van der Waals surface area contributed by atoms with Crippen molar-refractivity contribution in [2.45, 2.75) is 5.33 Å². The molecule has 12 heavy (non-hydrogen) atoms. The second kappa shape index (κ2) is 4.41. The van der Waals surface area contributed by atoms with Crippen LogP contribution in [0.5, 0.6) is 5.75 Å². The van der Waals surface area contributed by atoms with E-state index in [2.05, 4.69) is 38.5 Å². The van der Waals surface area contributed by atoms with Gasteiger partial charge >= 0.3 is 0 Å². The van der Waals surface area contributed by atoms with Crippen molar-refractivity contribution in [2.24, 2.45) is 0 Å². The molecular formula is C8H7BrFIO. The molecule has 0 N–H and O–H groups in total. The first-order valence-corrected chi connectivity index (χ1v) is 5.47. The number of alkyl halides is 1. The molecule has 0 amide bonds. The van der Waals surface area contributed by atoms with Gasteiger partial charge in [-0.1, -0.05) is 15.9 Å². The van der Waals surface area contributed by atoms with E-state index in [0.29, 0.717) is 11.1 Å². The molecule has 1 rings (SSSR count). The van der Waals surface area contributed by atoms with E-state index < -0.39 is 0 Å². The van der Waals surface area contributed by atoms with E-state index in [4.69, 9.17) is 4.74 Å². The van der Waals surface area contributed by atoms with Crippen LogP contribution >= 0.6 is 38.5 Å². The molecule has 0 aliphatic carbocycles. The first-order valence-electron chi connectivity index (χ1n) is 3.27. The van der Waals surface area contributed by atoms with Crippen molar-refractivity contribution < 1.29 is 9.13 Å². The molecule has 0 spiro atoms. The third kappa shape index (κ3) is 2.10. The highest BCUT2D eigenvalue weighted by Crippen LogP contribution is 2.24. The molecule has 0 saturated heterocycles. The quantitative estimate of drug-likeness (QED) is 0.590. The number of methoxy groups -OCH3 is 1. The highest BCUT2D eigenvalue weighted by atomic mass is 127. The Morgan fingerprint density at radius 3 is 2.75 bits per heavy atom. The number of hydrogen-bond acceptors (Lipinski definition) is 1. The van der Waals surface area contributed by atoms with Gasteiger partial charge in [0.15, 0.2) is 11.6 Å². The summed E-state index contributed by atoms with van der Waals surface area (Å²) in [5.74, 6) is -0.0172. The lowest BCUT2D eigenvalue weighted by atomic mass is 10.2. The molecule has 0 saturated carbocycles. The third-order valence-corrected chi connectivity index (χ3v) is 3.07. The van der Waals surface area contributed by atoms with Crippen LogP contribution in [0.15, 0.2) is 12.1 Å². The molecule has 0 unspecified atom stereocenters. The van der Waals surface area contributed by atoms with E-state index in [9.17, 15) is 4.39 Å². The normalized spacial score (nSPS) is 10.0. The Balaban J connectivity index is 3.16. The van der Waals surface area contributed by atoms with E-state index >= 15 is 0 Å². The lowest BCUT2D eigenvalue weighted by Crippen LogP contribution is -1.92. The highest BCUT2D eigenvalue weighted by molar-refractivity contribution is 14.1. The Labute approximate surface area is 92.6 Å². The highest BCUT2D eigenvalue weighted by Gasteiger charge is 2.06. The van der Waals surface area contributed by atoms with Crippen LogP contribution in [0.4, 0.5) is 4.39 Å². The van der Waals surface area contributed by atoms with Crippen LogP contribution in [0.25, 0.3) is 0 Å². The Kier molecular flexibility index (Phi) is 3.77. The summed E-state index contributed by atoms with van der Waals surface area (Å²) >= 11 is 5.43. The molecular weight excluding hydrogens is 338 g/mol. The van der Waals surface area contributed by atoms with Gasteiger partial charge in [0.2, 0.25) is 0 Å². The van der Waals surface area contributed by atoms with Crippen molar-refractivity contribution in [3.8, 4) is 5.75 Å². The lowest BCUT2D eigenvalue weighted by molar-refractivity contribution is 0.386. The predicted molar refractivity (Wildman–Crippen MR) is 58.3 cm³/mol. The van der Waals surface area contributed by atoms with Crippen LogP contribution < -0.4 is 4.74 Å². The van der Waals surface area contributed by atoms with Crippen molar-refractivity contribution in [3.05, 3.63) is 27.1 Å². The minimum Gasteiger partial charge on any atom is -0.494 e. The molecule has 0 aliphatic rings. The number of halogens is 3. The summed E-state index contributed by atoms with van der Waals surface area (Å²) in [5, 5.41) is 0.659. The van der Waals surface area contributed by atoms with Crippen molar-refractivity contribution in [1.82, 2.24) is 0 Å². The van der Waals surface area contributed by atoms with Gasteiger partial charge in [0.1, 0.15) is 0 Å². The molecule has 0 atom stereocenters. The molecule has 0 bridgehead atoms. The summed E-state index contributed by atoms with van der Waals surface area (Å²) in [4.78, 5) is 0. The summed E-state index contributed by atoms with van der Waals surface area (Å²) in [6, 6.07) is 3.17. The fourth-order valence-corrected chi connectivity index (χ4v) is 2.45. The molecule has 0 aliphatic heterocycles. The zero-order valence-electron chi connectivity index (χ0n) is 6.40. The summed E-state index contributed by atoms with van der Waals surface area (Å²) in [7, 11) is 1.46. The van der Waals surface area contributed by atoms with Gasteiger partial charge in [-0.2, -0.15) is 0 Å². The molecule has 0 fully saturated rings. The summed E-state index contributed by atoms with van der Waals surface area (Å²) in [6.45, 7) is 0. The first-order chi connectivity index (χ1) is 5.69. The van der Waals surface area contributed by atoms with Gasteiger partial charge in [0, 0.05) is 8.90 Å². The van der Waals surface area contributed by atoms with Gasteiger partial charge in [-0.15, -0.1) is 0 Å². The molecule has 0 aromatic heterocycles. The van der Waals surface area contributed by atoms with Crippen molar-refractivity contribution in [3.63, 3.8) is 0 Å². The summed E-state index contributed by atoms with van der Waals surface area (Å²) < 4.78 is 18.9. The van der Waals surface area contributed by atoms with Crippen LogP contribution in [0, 0.1) is 9.39 Å². The third-order valence-electron chi connectivity index (χ3n) is 1.46. The first kappa shape index (κ1) is 10.2. The molecule has 0 heterocycles. The van der Waals surface area contributed by atoms with E-state index in [1.165, 1.54) is 13.2 Å². The van der Waals surface area contributed by atoms with Gasteiger partial charge in [-0.05, 0) is 40.3 Å². The maximum Gasteiger partial charge on any atom is 0.165 e. The van der Waals surface area contributed by atoms with Crippen LogP contribution in [-0.2, 0) is 5.33 Å². The topological polar surface area (TPSA) is 9.23 Å². The Bertz CT molecular complexity index is 261. The summed E-state index contributed by atoms with van der Waals surface area (Å²) in [6.07, 6.45) is 0. The van der Waals surface area contributed by atoms with Crippen LogP contribution in [-0.4, -0.2) is 7.11 Å². The molecule has 1 aromatic rings. The van der Waals surface area contributed by atoms with E-state index in [-0.39, 0.29) is 5.82 Å². The van der Waals surface area contributed by atoms with E-state index in [0.717, 1.165) is 9.13 Å². The fraction of sp³-hybridized carbons (Fsp3) is 0.250. The van der Waals surface area contributed by atoms with Crippen molar-refractivity contribution in [1.29, 1.82) is 0 Å². The van der Waals surface area contributed by atoms with E-state index in [1.54, 1.807) is 6.07 Å². The number of ether oxygens (including phenoxy) is 1. The average molecular weight is 345 g/mol.